The summed E-state index contributed by atoms with van der Waals surface area (Å²) in [6.45, 7) is 2.08. The second-order valence-corrected chi connectivity index (χ2v) is 4.62. The number of nitrogens with zero attached hydrogens (tertiary/aromatic N) is 1. The minimum absolute atomic E-state index is 0.0372. The van der Waals surface area contributed by atoms with Gasteiger partial charge in [-0.3, -0.25) is 4.79 Å². The Morgan fingerprint density at radius 2 is 2.35 bits per heavy atom. The number of hydrogen-bond donors (Lipinski definition) is 2. The number of anilines is 1. The van der Waals surface area contributed by atoms with Crippen LogP contribution in [0.2, 0.25) is 0 Å². The van der Waals surface area contributed by atoms with Crippen LogP contribution >= 0.6 is 11.8 Å². The average Bonchev–Trinajstić information content (AvgIpc) is 2.38. The molecule has 1 heterocycles. The van der Waals surface area contributed by atoms with Gasteiger partial charge in [-0.25, -0.2) is 4.98 Å². The fourth-order valence-corrected chi connectivity index (χ4v) is 2.16. The molecule has 0 aromatic carbocycles. The van der Waals surface area contributed by atoms with Crippen LogP contribution in [0.1, 0.15) is 23.7 Å². The number of aromatic nitrogens is 1. The van der Waals surface area contributed by atoms with Crippen molar-refractivity contribution in [2.75, 3.05) is 24.4 Å². The standard InChI is InChI=1S/C12H19N3OS/c1-4-10(8-17-3)15-12(16)9-5-6-14-11(7-9)13-2/h5-7,10H,4,8H2,1-3H3,(H,13,14)(H,15,16). The van der Waals surface area contributed by atoms with Gasteiger partial charge >= 0.3 is 0 Å². The van der Waals surface area contributed by atoms with E-state index in [0.29, 0.717) is 11.4 Å². The van der Waals surface area contributed by atoms with E-state index >= 15 is 0 Å². The molecule has 1 aromatic rings. The van der Waals surface area contributed by atoms with Crippen LogP contribution in [0, 0.1) is 0 Å². The molecule has 1 amide bonds. The van der Waals surface area contributed by atoms with Crippen molar-refractivity contribution in [1.29, 1.82) is 0 Å². The molecular weight excluding hydrogens is 234 g/mol. The first-order chi connectivity index (χ1) is 8.21. The third-order valence-electron chi connectivity index (χ3n) is 2.47. The number of hydrogen-bond acceptors (Lipinski definition) is 4. The highest BCUT2D eigenvalue weighted by Crippen LogP contribution is 2.07. The molecule has 0 aliphatic rings. The predicted molar refractivity (Wildman–Crippen MR) is 73.7 cm³/mol. The van der Waals surface area contributed by atoms with E-state index in [1.54, 1.807) is 37.1 Å². The molecule has 4 nitrogen and oxygen atoms in total. The molecule has 1 rings (SSSR count). The SMILES string of the molecule is CCC(CSC)NC(=O)c1ccnc(NC)c1. The van der Waals surface area contributed by atoms with Crippen LogP contribution < -0.4 is 10.6 Å². The molecule has 0 saturated carbocycles. The Balaban J connectivity index is 2.68. The summed E-state index contributed by atoms with van der Waals surface area (Å²) in [7, 11) is 1.78. The van der Waals surface area contributed by atoms with Gasteiger partial charge in [-0.2, -0.15) is 11.8 Å². The van der Waals surface area contributed by atoms with Crippen molar-refractivity contribution < 1.29 is 4.79 Å². The number of thioether (sulfide) groups is 1. The van der Waals surface area contributed by atoms with Crippen LogP contribution in [0.4, 0.5) is 5.82 Å². The van der Waals surface area contributed by atoms with Crippen molar-refractivity contribution in [2.45, 2.75) is 19.4 Å². The van der Waals surface area contributed by atoms with Gasteiger partial charge in [0.2, 0.25) is 0 Å². The lowest BCUT2D eigenvalue weighted by Gasteiger charge is -2.15. The molecule has 0 saturated heterocycles. The van der Waals surface area contributed by atoms with Gasteiger partial charge < -0.3 is 10.6 Å². The van der Waals surface area contributed by atoms with Crippen LogP contribution in [-0.2, 0) is 0 Å². The molecule has 2 N–H and O–H groups in total. The van der Waals surface area contributed by atoms with Gasteiger partial charge in [-0.15, -0.1) is 0 Å². The van der Waals surface area contributed by atoms with E-state index < -0.39 is 0 Å². The van der Waals surface area contributed by atoms with Gasteiger partial charge in [0.05, 0.1) is 0 Å². The number of carbonyl (C=O) groups is 1. The zero-order valence-electron chi connectivity index (χ0n) is 10.5. The lowest BCUT2D eigenvalue weighted by Crippen LogP contribution is -2.36. The zero-order valence-corrected chi connectivity index (χ0v) is 11.3. The average molecular weight is 253 g/mol. The highest BCUT2D eigenvalue weighted by Gasteiger charge is 2.12. The molecule has 0 aliphatic heterocycles. The van der Waals surface area contributed by atoms with Gasteiger partial charge in [-0.1, -0.05) is 6.92 Å². The molecule has 1 aromatic heterocycles. The maximum Gasteiger partial charge on any atom is 0.251 e. The van der Waals surface area contributed by atoms with Gasteiger partial charge in [0.1, 0.15) is 5.82 Å². The zero-order chi connectivity index (χ0) is 12.7. The predicted octanol–water partition coefficient (Wildman–Crippen LogP) is 1.99. The summed E-state index contributed by atoms with van der Waals surface area (Å²) in [4.78, 5) is 16.1. The molecule has 0 spiro atoms. The quantitative estimate of drug-likeness (QED) is 0.814. The Bertz CT molecular complexity index is 371. The Labute approximate surface area is 107 Å². The third-order valence-corrected chi connectivity index (χ3v) is 3.21. The first-order valence-electron chi connectivity index (χ1n) is 5.64. The lowest BCUT2D eigenvalue weighted by atomic mass is 10.2. The largest absolute Gasteiger partial charge is 0.373 e. The summed E-state index contributed by atoms with van der Waals surface area (Å²) < 4.78 is 0. The summed E-state index contributed by atoms with van der Waals surface area (Å²) in [6, 6.07) is 3.70. The molecule has 94 valence electrons. The van der Waals surface area contributed by atoms with E-state index in [9.17, 15) is 4.79 Å². The Morgan fingerprint density at radius 3 is 2.94 bits per heavy atom. The molecule has 0 fully saturated rings. The molecule has 0 bridgehead atoms. The highest BCUT2D eigenvalue weighted by atomic mass is 32.2. The number of carbonyl (C=O) groups excluding carboxylic acids is 1. The van der Waals surface area contributed by atoms with E-state index in [1.165, 1.54) is 0 Å². The Kier molecular flexibility index (Phi) is 5.83. The van der Waals surface area contributed by atoms with Crippen molar-refractivity contribution in [3.63, 3.8) is 0 Å². The Hall–Kier alpha value is -1.23. The second-order valence-electron chi connectivity index (χ2n) is 3.71. The Morgan fingerprint density at radius 1 is 1.59 bits per heavy atom. The summed E-state index contributed by atoms with van der Waals surface area (Å²) >= 11 is 1.74. The smallest absolute Gasteiger partial charge is 0.251 e. The molecule has 1 atom stereocenters. The second kappa shape index (κ2) is 7.17. The normalized spacial score (nSPS) is 11.9. The number of rotatable bonds is 6. The van der Waals surface area contributed by atoms with Crippen molar-refractivity contribution >= 4 is 23.5 Å². The van der Waals surface area contributed by atoms with E-state index in [1.807, 2.05) is 6.26 Å². The number of amides is 1. The van der Waals surface area contributed by atoms with Gasteiger partial charge in [0.15, 0.2) is 0 Å². The van der Waals surface area contributed by atoms with Crippen LogP contribution in [0.25, 0.3) is 0 Å². The van der Waals surface area contributed by atoms with Crippen molar-refractivity contribution in [1.82, 2.24) is 10.3 Å². The van der Waals surface area contributed by atoms with E-state index in [4.69, 9.17) is 0 Å². The van der Waals surface area contributed by atoms with Gasteiger partial charge in [0, 0.05) is 30.6 Å². The fourth-order valence-electron chi connectivity index (χ4n) is 1.44. The fraction of sp³-hybridized carbons (Fsp3) is 0.500. The molecule has 5 heteroatoms. The number of pyridine rings is 1. The van der Waals surface area contributed by atoms with E-state index in [-0.39, 0.29) is 11.9 Å². The molecule has 17 heavy (non-hydrogen) atoms. The lowest BCUT2D eigenvalue weighted by molar-refractivity contribution is 0.0940. The minimum atomic E-state index is -0.0372. The maximum absolute atomic E-state index is 12.0. The maximum atomic E-state index is 12.0. The summed E-state index contributed by atoms with van der Waals surface area (Å²) in [6.07, 6.45) is 4.62. The van der Waals surface area contributed by atoms with Crippen molar-refractivity contribution in [3.8, 4) is 0 Å². The van der Waals surface area contributed by atoms with Crippen molar-refractivity contribution in [3.05, 3.63) is 23.9 Å². The molecule has 1 unspecified atom stereocenters. The summed E-state index contributed by atoms with van der Waals surface area (Å²) in [5, 5.41) is 5.94. The van der Waals surface area contributed by atoms with Crippen molar-refractivity contribution in [2.24, 2.45) is 0 Å². The highest BCUT2D eigenvalue weighted by molar-refractivity contribution is 7.98. The van der Waals surface area contributed by atoms with Crippen LogP contribution in [-0.4, -0.2) is 36.0 Å². The first-order valence-corrected chi connectivity index (χ1v) is 7.04. The third kappa shape index (κ3) is 4.26. The van der Waals surface area contributed by atoms with Crippen LogP contribution in [0.5, 0.6) is 0 Å². The number of nitrogens with one attached hydrogen (secondary N) is 2. The monoisotopic (exact) mass is 253 g/mol. The van der Waals surface area contributed by atoms with Gasteiger partial charge in [-0.05, 0) is 24.8 Å². The topological polar surface area (TPSA) is 54.0 Å². The molecule has 0 radical (unpaired) electrons. The summed E-state index contributed by atoms with van der Waals surface area (Å²) in [5.41, 5.74) is 0.643. The summed E-state index contributed by atoms with van der Waals surface area (Å²) in [5.74, 6) is 1.60. The van der Waals surface area contributed by atoms with E-state index in [0.717, 1.165) is 12.2 Å². The minimum Gasteiger partial charge on any atom is -0.373 e. The first kappa shape index (κ1) is 13.8. The van der Waals surface area contributed by atoms with Crippen LogP contribution in [0.3, 0.4) is 0 Å². The van der Waals surface area contributed by atoms with Gasteiger partial charge in [0.25, 0.3) is 5.91 Å². The molecule has 0 aliphatic carbocycles. The van der Waals surface area contributed by atoms with E-state index in [2.05, 4.69) is 22.5 Å². The van der Waals surface area contributed by atoms with Crippen LogP contribution in [0.15, 0.2) is 18.3 Å². The molecular formula is C12H19N3OS.